The molecule has 0 aliphatic carbocycles. The molecule has 1 atom stereocenters. The number of hydrogen-bond donors (Lipinski definition) is 1. The third-order valence-corrected chi connectivity index (χ3v) is 3.23. The van der Waals surface area contributed by atoms with Gasteiger partial charge in [0.15, 0.2) is 0 Å². The minimum atomic E-state index is 0.266. The van der Waals surface area contributed by atoms with Crippen LogP contribution in [-0.2, 0) is 4.74 Å². The molecule has 0 amide bonds. The van der Waals surface area contributed by atoms with Gasteiger partial charge in [0.2, 0.25) is 0 Å². The second-order valence-corrected chi connectivity index (χ2v) is 4.49. The van der Waals surface area contributed by atoms with Crippen molar-refractivity contribution >= 4 is 16.5 Å². The highest BCUT2D eigenvalue weighted by molar-refractivity contribution is 5.93. The number of hydrogen-bond acceptors (Lipinski definition) is 3. The first-order valence-electron chi connectivity index (χ1n) is 6.30. The molecule has 18 heavy (non-hydrogen) atoms. The van der Waals surface area contributed by atoms with Crippen LogP contribution < -0.4 is 5.32 Å². The second kappa shape index (κ2) is 5.08. The minimum Gasteiger partial charge on any atom is -0.497 e. The Kier molecular flexibility index (Phi) is 3.13. The van der Waals surface area contributed by atoms with Crippen LogP contribution in [0.4, 0.5) is 5.69 Å². The Hall–Kier alpha value is -2.03. The third-order valence-electron chi connectivity index (χ3n) is 3.23. The zero-order valence-electron chi connectivity index (χ0n) is 10.2. The molecule has 1 unspecified atom stereocenters. The molecule has 1 aromatic heterocycles. The topological polar surface area (TPSA) is 34.1 Å². The van der Waals surface area contributed by atoms with Crippen molar-refractivity contribution in [2.75, 3.05) is 11.9 Å². The van der Waals surface area contributed by atoms with Crippen molar-refractivity contribution in [3.8, 4) is 0 Å². The van der Waals surface area contributed by atoms with Gasteiger partial charge < -0.3 is 10.1 Å². The molecule has 3 nitrogen and oxygen atoms in total. The molecule has 0 bridgehead atoms. The van der Waals surface area contributed by atoms with Gasteiger partial charge in [-0.1, -0.05) is 12.1 Å². The highest BCUT2D eigenvalue weighted by Crippen LogP contribution is 2.22. The summed E-state index contributed by atoms with van der Waals surface area (Å²) in [5.74, 6) is 0. The van der Waals surface area contributed by atoms with Gasteiger partial charge in [0.25, 0.3) is 0 Å². The van der Waals surface area contributed by atoms with Crippen LogP contribution in [-0.4, -0.2) is 17.6 Å². The Morgan fingerprint density at radius 3 is 3.22 bits per heavy atom. The molecule has 0 spiro atoms. The van der Waals surface area contributed by atoms with Crippen LogP contribution in [0.1, 0.15) is 12.8 Å². The minimum absolute atomic E-state index is 0.266. The summed E-state index contributed by atoms with van der Waals surface area (Å²) in [5, 5.41) is 5.82. The molecule has 92 valence electrons. The lowest BCUT2D eigenvalue weighted by molar-refractivity contribution is 0.135. The number of rotatable bonds is 3. The largest absolute Gasteiger partial charge is 0.497 e. The number of ether oxygens (including phenoxy) is 1. The number of fused-ring (bicyclic) bond motifs is 1. The van der Waals surface area contributed by atoms with Gasteiger partial charge in [-0.25, -0.2) is 0 Å². The van der Waals surface area contributed by atoms with Gasteiger partial charge in [-0.15, -0.1) is 0 Å². The van der Waals surface area contributed by atoms with Crippen LogP contribution in [0.15, 0.2) is 49.0 Å². The molecule has 3 heteroatoms. The summed E-state index contributed by atoms with van der Waals surface area (Å²) in [6.07, 6.45) is 10.0. The average molecular weight is 240 g/mol. The Morgan fingerprint density at radius 2 is 2.33 bits per heavy atom. The van der Waals surface area contributed by atoms with Crippen molar-refractivity contribution in [3.05, 3.63) is 49.0 Å². The molecule has 2 aromatic rings. The Balaban J connectivity index is 1.76. The van der Waals surface area contributed by atoms with Gasteiger partial charge in [-0.2, -0.15) is 0 Å². The fourth-order valence-electron chi connectivity index (χ4n) is 2.23. The summed E-state index contributed by atoms with van der Waals surface area (Å²) in [7, 11) is 0. The SMILES string of the molecule is C1=COC(CNc2cccc3ccncc23)CC1. The quantitative estimate of drug-likeness (QED) is 0.893. The molecule has 2 heterocycles. The van der Waals surface area contributed by atoms with Gasteiger partial charge in [-0.05, 0) is 36.4 Å². The summed E-state index contributed by atoms with van der Waals surface area (Å²) in [6.45, 7) is 0.832. The lowest BCUT2D eigenvalue weighted by Gasteiger charge is -2.20. The molecule has 0 radical (unpaired) electrons. The summed E-state index contributed by atoms with van der Waals surface area (Å²) < 4.78 is 5.55. The molecule has 1 aliphatic heterocycles. The molecule has 1 aromatic carbocycles. The summed E-state index contributed by atoms with van der Waals surface area (Å²) in [6, 6.07) is 8.28. The van der Waals surface area contributed by atoms with E-state index in [1.807, 2.05) is 18.5 Å². The van der Waals surface area contributed by atoms with Crippen molar-refractivity contribution in [2.45, 2.75) is 18.9 Å². The lowest BCUT2D eigenvalue weighted by Crippen LogP contribution is -2.23. The van der Waals surface area contributed by atoms with Crippen molar-refractivity contribution in [1.82, 2.24) is 4.98 Å². The predicted molar refractivity (Wildman–Crippen MR) is 73.5 cm³/mol. The van der Waals surface area contributed by atoms with E-state index >= 15 is 0 Å². The molecular formula is C15H16N2O. The average Bonchev–Trinajstić information content (AvgIpc) is 2.46. The van der Waals surface area contributed by atoms with Gasteiger partial charge in [0.05, 0.1) is 12.8 Å². The van der Waals surface area contributed by atoms with E-state index in [0.29, 0.717) is 0 Å². The lowest BCUT2D eigenvalue weighted by atomic mass is 10.1. The van der Waals surface area contributed by atoms with E-state index in [1.54, 1.807) is 6.26 Å². The summed E-state index contributed by atoms with van der Waals surface area (Å²) in [4.78, 5) is 4.19. The van der Waals surface area contributed by atoms with Crippen LogP contribution in [0.5, 0.6) is 0 Å². The second-order valence-electron chi connectivity index (χ2n) is 4.49. The summed E-state index contributed by atoms with van der Waals surface area (Å²) >= 11 is 0. The van der Waals surface area contributed by atoms with Crippen LogP contribution >= 0.6 is 0 Å². The number of aromatic nitrogens is 1. The van der Waals surface area contributed by atoms with Crippen LogP contribution in [0.3, 0.4) is 0 Å². The van der Waals surface area contributed by atoms with E-state index in [0.717, 1.165) is 30.5 Å². The van der Waals surface area contributed by atoms with Gasteiger partial charge >= 0.3 is 0 Å². The monoisotopic (exact) mass is 240 g/mol. The van der Waals surface area contributed by atoms with Crippen molar-refractivity contribution in [2.24, 2.45) is 0 Å². The Bertz CT molecular complexity index is 560. The maximum absolute atomic E-state index is 5.55. The number of allylic oxidation sites excluding steroid dienone is 1. The molecular weight excluding hydrogens is 224 g/mol. The van der Waals surface area contributed by atoms with E-state index < -0.39 is 0 Å². The zero-order chi connectivity index (χ0) is 12.2. The van der Waals surface area contributed by atoms with Crippen LogP contribution in [0, 0.1) is 0 Å². The van der Waals surface area contributed by atoms with Crippen molar-refractivity contribution in [3.63, 3.8) is 0 Å². The van der Waals surface area contributed by atoms with E-state index in [1.165, 1.54) is 5.39 Å². The number of nitrogens with zero attached hydrogens (tertiary/aromatic N) is 1. The predicted octanol–water partition coefficient (Wildman–Crippen LogP) is 3.34. The zero-order valence-corrected chi connectivity index (χ0v) is 10.2. The Morgan fingerprint density at radius 1 is 1.33 bits per heavy atom. The highest BCUT2D eigenvalue weighted by atomic mass is 16.5. The molecule has 0 saturated heterocycles. The molecule has 1 aliphatic rings. The number of nitrogens with one attached hydrogen (secondary N) is 1. The molecule has 0 saturated carbocycles. The van der Waals surface area contributed by atoms with E-state index in [-0.39, 0.29) is 6.10 Å². The van der Waals surface area contributed by atoms with E-state index in [2.05, 4.69) is 34.6 Å². The van der Waals surface area contributed by atoms with Gasteiger partial charge in [0.1, 0.15) is 6.10 Å². The Labute approximate surface area is 106 Å². The fraction of sp³-hybridized carbons (Fsp3) is 0.267. The van der Waals surface area contributed by atoms with Crippen LogP contribution in [0.25, 0.3) is 10.8 Å². The first-order chi connectivity index (χ1) is 8.93. The maximum atomic E-state index is 5.55. The van der Waals surface area contributed by atoms with E-state index in [4.69, 9.17) is 4.74 Å². The number of pyridine rings is 1. The van der Waals surface area contributed by atoms with Crippen molar-refractivity contribution < 1.29 is 4.74 Å². The molecule has 0 fully saturated rings. The smallest absolute Gasteiger partial charge is 0.115 e. The highest BCUT2D eigenvalue weighted by Gasteiger charge is 2.10. The standard InChI is InChI=1S/C15H16N2O/c1-2-9-18-13(5-1)10-17-15-6-3-4-12-7-8-16-11-14(12)15/h2-4,6-9,11,13,17H,1,5,10H2. The summed E-state index contributed by atoms with van der Waals surface area (Å²) in [5.41, 5.74) is 1.12. The molecule has 3 rings (SSSR count). The molecule has 1 N–H and O–H groups in total. The number of benzene rings is 1. The van der Waals surface area contributed by atoms with Gasteiger partial charge in [0, 0.05) is 23.5 Å². The number of anilines is 1. The first kappa shape index (κ1) is 11.1. The maximum Gasteiger partial charge on any atom is 0.115 e. The van der Waals surface area contributed by atoms with Crippen LogP contribution in [0.2, 0.25) is 0 Å². The first-order valence-corrected chi connectivity index (χ1v) is 6.30. The van der Waals surface area contributed by atoms with E-state index in [9.17, 15) is 0 Å². The third kappa shape index (κ3) is 2.30. The van der Waals surface area contributed by atoms with Crippen molar-refractivity contribution in [1.29, 1.82) is 0 Å². The normalized spacial score (nSPS) is 18.6. The fourth-order valence-corrected chi connectivity index (χ4v) is 2.23. The van der Waals surface area contributed by atoms with Gasteiger partial charge in [-0.3, -0.25) is 4.98 Å².